The van der Waals surface area contributed by atoms with Gasteiger partial charge in [-0.15, -0.1) is 0 Å². The maximum absolute atomic E-state index is 5.88. The molecule has 0 fully saturated rings. The fourth-order valence-electron chi connectivity index (χ4n) is 1.34. The van der Waals surface area contributed by atoms with Crippen molar-refractivity contribution < 1.29 is 0 Å². The van der Waals surface area contributed by atoms with Gasteiger partial charge in [-0.05, 0) is 18.6 Å². The van der Waals surface area contributed by atoms with Gasteiger partial charge >= 0.3 is 0 Å². The number of nitrogens with zero attached hydrogens (tertiary/aromatic N) is 2. The first kappa shape index (κ1) is 7.16. The van der Waals surface area contributed by atoms with Crippen molar-refractivity contribution in [1.82, 2.24) is 9.78 Å². The Balaban J connectivity index is 2.89. The summed E-state index contributed by atoms with van der Waals surface area (Å²) in [6.45, 7) is 2.00. The van der Waals surface area contributed by atoms with Crippen LogP contribution in [0.4, 0.5) is 5.69 Å². The molecule has 0 spiro atoms. The van der Waals surface area contributed by atoms with Crippen LogP contribution >= 0.6 is 0 Å². The van der Waals surface area contributed by atoms with Crippen molar-refractivity contribution in [3.63, 3.8) is 0 Å². The lowest BCUT2D eigenvalue weighted by Crippen LogP contribution is -1.88. The first-order valence-corrected chi connectivity index (χ1v) is 3.87. The lowest BCUT2D eigenvalue weighted by molar-refractivity contribution is 0.780. The van der Waals surface area contributed by atoms with Gasteiger partial charge in [-0.1, -0.05) is 6.07 Å². The molecule has 0 aliphatic heterocycles. The average molecular weight is 161 g/mol. The zero-order valence-electron chi connectivity index (χ0n) is 7.20. The summed E-state index contributed by atoms with van der Waals surface area (Å²) in [4.78, 5) is 0. The number of hydrogen-bond donors (Lipinski definition) is 1. The normalized spacial score (nSPS) is 10.8. The molecule has 0 atom stereocenters. The molecule has 12 heavy (non-hydrogen) atoms. The van der Waals surface area contributed by atoms with E-state index in [4.69, 9.17) is 5.73 Å². The van der Waals surface area contributed by atoms with Crippen molar-refractivity contribution in [2.45, 2.75) is 6.92 Å². The van der Waals surface area contributed by atoms with E-state index in [0.717, 1.165) is 22.2 Å². The molecule has 2 rings (SSSR count). The predicted octanol–water partition coefficient (Wildman–Crippen LogP) is 1.46. The standard InChI is InChI=1S/C9H11N3/c1-6-3-4-8-7(9(6)10)5-12(2)11-8/h3-5H,10H2,1-2H3. The van der Waals surface area contributed by atoms with E-state index in [1.165, 1.54) is 0 Å². The van der Waals surface area contributed by atoms with E-state index in [2.05, 4.69) is 5.10 Å². The van der Waals surface area contributed by atoms with Crippen LogP contribution in [-0.4, -0.2) is 9.78 Å². The van der Waals surface area contributed by atoms with E-state index in [0.29, 0.717) is 0 Å². The van der Waals surface area contributed by atoms with E-state index in [1.807, 2.05) is 32.3 Å². The van der Waals surface area contributed by atoms with Gasteiger partial charge in [0.25, 0.3) is 0 Å². The third kappa shape index (κ3) is 0.863. The van der Waals surface area contributed by atoms with E-state index in [-0.39, 0.29) is 0 Å². The molecule has 1 aromatic heterocycles. The molecule has 0 saturated heterocycles. The summed E-state index contributed by atoms with van der Waals surface area (Å²) in [6.07, 6.45) is 1.94. The lowest BCUT2D eigenvalue weighted by atomic mass is 10.1. The molecule has 0 amide bonds. The third-order valence-electron chi connectivity index (χ3n) is 2.06. The zero-order valence-corrected chi connectivity index (χ0v) is 7.20. The highest BCUT2D eigenvalue weighted by atomic mass is 15.2. The van der Waals surface area contributed by atoms with Crippen LogP contribution in [0.3, 0.4) is 0 Å². The zero-order chi connectivity index (χ0) is 8.72. The third-order valence-corrected chi connectivity index (χ3v) is 2.06. The van der Waals surface area contributed by atoms with Crippen molar-refractivity contribution >= 4 is 16.6 Å². The maximum atomic E-state index is 5.88. The van der Waals surface area contributed by atoms with Crippen LogP contribution in [0.5, 0.6) is 0 Å². The molecule has 0 bridgehead atoms. The number of nitrogen functional groups attached to an aromatic ring is 1. The Bertz CT molecular complexity index is 429. The minimum atomic E-state index is 0.834. The Morgan fingerprint density at radius 1 is 1.42 bits per heavy atom. The Morgan fingerprint density at radius 2 is 2.17 bits per heavy atom. The van der Waals surface area contributed by atoms with E-state index in [9.17, 15) is 0 Å². The van der Waals surface area contributed by atoms with Gasteiger partial charge in [-0.25, -0.2) is 0 Å². The Morgan fingerprint density at radius 3 is 2.92 bits per heavy atom. The summed E-state index contributed by atoms with van der Waals surface area (Å²) >= 11 is 0. The number of hydrogen-bond acceptors (Lipinski definition) is 2. The number of benzene rings is 1. The monoisotopic (exact) mass is 161 g/mol. The summed E-state index contributed by atoms with van der Waals surface area (Å²) in [5.41, 5.74) is 8.78. The van der Waals surface area contributed by atoms with Crippen molar-refractivity contribution in [3.05, 3.63) is 23.9 Å². The van der Waals surface area contributed by atoms with Crippen LogP contribution in [0, 0.1) is 6.92 Å². The highest BCUT2D eigenvalue weighted by Crippen LogP contribution is 2.22. The summed E-state index contributed by atoms with van der Waals surface area (Å²) in [6, 6.07) is 3.98. The van der Waals surface area contributed by atoms with E-state index >= 15 is 0 Å². The van der Waals surface area contributed by atoms with Gasteiger partial charge in [-0.3, -0.25) is 4.68 Å². The summed E-state index contributed by atoms with van der Waals surface area (Å²) in [5, 5.41) is 5.29. The Kier molecular flexibility index (Phi) is 1.33. The first-order chi connectivity index (χ1) is 5.68. The SMILES string of the molecule is Cc1ccc2nn(C)cc2c1N. The summed E-state index contributed by atoms with van der Waals surface area (Å²) in [5.74, 6) is 0. The predicted molar refractivity (Wildman–Crippen MR) is 49.9 cm³/mol. The summed E-state index contributed by atoms with van der Waals surface area (Å²) < 4.78 is 1.78. The largest absolute Gasteiger partial charge is 0.398 e. The number of nitrogens with two attached hydrogens (primary N) is 1. The van der Waals surface area contributed by atoms with Crippen LogP contribution in [0.2, 0.25) is 0 Å². The maximum Gasteiger partial charge on any atom is 0.0944 e. The molecule has 3 nitrogen and oxygen atoms in total. The fourth-order valence-corrected chi connectivity index (χ4v) is 1.34. The van der Waals surface area contributed by atoms with Gasteiger partial charge in [0.1, 0.15) is 0 Å². The van der Waals surface area contributed by atoms with Crippen LogP contribution in [-0.2, 0) is 7.05 Å². The van der Waals surface area contributed by atoms with Crippen LogP contribution < -0.4 is 5.73 Å². The molecule has 3 heteroatoms. The molecular weight excluding hydrogens is 150 g/mol. The van der Waals surface area contributed by atoms with Gasteiger partial charge in [0.15, 0.2) is 0 Å². The first-order valence-electron chi connectivity index (χ1n) is 3.87. The fraction of sp³-hybridized carbons (Fsp3) is 0.222. The van der Waals surface area contributed by atoms with E-state index in [1.54, 1.807) is 4.68 Å². The molecule has 0 saturated carbocycles. The Hall–Kier alpha value is -1.51. The Labute approximate surface area is 70.8 Å². The highest BCUT2D eigenvalue weighted by Gasteiger charge is 2.03. The van der Waals surface area contributed by atoms with E-state index < -0.39 is 0 Å². The number of anilines is 1. The minimum Gasteiger partial charge on any atom is -0.398 e. The van der Waals surface area contributed by atoms with Gasteiger partial charge in [0.05, 0.1) is 5.52 Å². The second-order valence-electron chi connectivity index (χ2n) is 3.03. The molecule has 1 aromatic carbocycles. The van der Waals surface area contributed by atoms with Gasteiger partial charge in [0.2, 0.25) is 0 Å². The number of aryl methyl sites for hydroxylation is 2. The molecule has 0 aliphatic rings. The van der Waals surface area contributed by atoms with Crippen molar-refractivity contribution in [2.75, 3.05) is 5.73 Å². The molecule has 0 unspecified atom stereocenters. The van der Waals surface area contributed by atoms with Crippen LogP contribution in [0.15, 0.2) is 18.3 Å². The second kappa shape index (κ2) is 2.24. The molecule has 1 heterocycles. The molecule has 2 N–H and O–H groups in total. The molecule has 2 aromatic rings. The van der Waals surface area contributed by atoms with Gasteiger partial charge < -0.3 is 5.73 Å². The smallest absolute Gasteiger partial charge is 0.0944 e. The molecule has 62 valence electrons. The number of fused-ring (bicyclic) bond motifs is 1. The van der Waals surface area contributed by atoms with Crippen molar-refractivity contribution in [2.24, 2.45) is 7.05 Å². The van der Waals surface area contributed by atoms with Gasteiger partial charge in [0, 0.05) is 24.3 Å². The highest BCUT2D eigenvalue weighted by molar-refractivity contribution is 5.91. The molecule has 0 aliphatic carbocycles. The number of rotatable bonds is 0. The minimum absolute atomic E-state index is 0.834. The quantitative estimate of drug-likeness (QED) is 0.594. The molecule has 0 radical (unpaired) electrons. The second-order valence-corrected chi connectivity index (χ2v) is 3.03. The molecular formula is C9H11N3. The lowest BCUT2D eigenvalue weighted by Gasteiger charge is -1.98. The summed E-state index contributed by atoms with van der Waals surface area (Å²) in [7, 11) is 1.90. The van der Waals surface area contributed by atoms with Crippen LogP contribution in [0.25, 0.3) is 10.9 Å². The van der Waals surface area contributed by atoms with Gasteiger partial charge in [-0.2, -0.15) is 5.10 Å². The topological polar surface area (TPSA) is 43.8 Å². The van der Waals surface area contributed by atoms with Crippen molar-refractivity contribution in [3.8, 4) is 0 Å². The van der Waals surface area contributed by atoms with Crippen LogP contribution in [0.1, 0.15) is 5.56 Å². The number of aromatic nitrogens is 2. The average Bonchev–Trinajstić information content (AvgIpc) is 2.39. The van der Waals surface area contributed by atoms with Crippen molar-refractivity contribution in [1.29, 1.82) is 0 Å².